The highest BCUT2D eigenvalue weighted by atomic mass is 32.2. The van der Waals surface area contributed by atoms with Crippen LogP contribution in [0.5, 0.6) is 0 Å². The molecule has 1 aromatic heterocycles. The first-order valence-corrected chi connectivity index (χ1v) is 10.1. The number of amides is 1. The van der Waals surface area contributed by atoms with Crippen LogP contribution in [0.1, 0.15) is 16.7 Å². The van der Waals surface area contributed by atoms with Gasteiger partial charge in [0.15, 0.2) is 0 Å². The summed E-state index contributed by atoms with van der Waals surface area (Å²) in [6.45, 7) is 4.03. The number of sulfonamides is 1. The number of anilines is 2. The molecule has 0 saturated heterocycles. The summed E-state index contributed by atoms with van der Waals surface area (Å²) in [5.74, 6) is -0.178. The van der Waals surface area contributed by atoms with Crippen LogP contribution in [-0.4, -0.2) is 24.3 Å². The number of aromatic nitrogens is 2. The predicted octanol–water partition coefficient (Wildman–Crippen LogP) is 3.08. The van der Waals surface area contributed by atoms with Crippen molar-refractivity contribution in [3.63, 3.8) is 0 Å². The van der Waals surface area contributed by atoms with Gasteiger partial charge in [0.25, 0.3) is 10.0 Å². The Morgan fingerprint density at radius 2 is 1.64 bits per heavy atom. The lowest BCUT2D eigenvalue weighted by molar-refractivity contribution is -0.115. The molecule has 144 valence electrons. The monoisotopic (exact) mass is 396 g/mol. The summed E-state index contributed by atoms with van der Waals surface area (Å²) >= 11 is 0. The van der Waals surface area contributed by atoms with Crippen molar-refractivity contribution in [3.05, 3.63) is 77.6 Å². The topological polar surface area (TPSA) is 101 Å². The number of hydrogen-bond acceptors (Lipinski definition) is 5. The van der Waals surface area contributed by atoms with Crippen LogP contribution in [0.3, 0.4) is 0 Å². The van der Waals surface area contributed by atoms with E-state index in [1.54, 1.807) is 18.2 Å². The zero-order valence-corrected chi connectivity index (χ0v) is 16.3. The van der Waals surface area contributed by atoms with Crippen LogP contribution < -0.4 is 10.0 Å². The number of carbonyl (C=O) groups is 1. The average Bonchev–Trinajstić information content (AvgIpc) is 2.65. The van der Waals surface area contributed by atoms with Gasteiger partial charge in [0, 0.05) is 18.1 Å². The molecule has 0 spiro atoms. The molecule has 7 nitrogen and oxygen atoms in total. The second-order valence-electron chi connectivity index (χ2n) is 6.35. The number of nitrogens with zero attached hydrogens (tertiary/aromatic N) is 2. The fraction of sp³-hybridized carbons (Fsp3) is 0.150. The molecule has 0 atom stereocenters. The first-order valence-electron chi connectivity index (χ1n) is 8.59. The van der Waals surface area contributed by atoms with Gasteiger partial charge in [0.1, 0.15) is 0 Å². The van der Waals surface area contributed by atoms with Crippen LogP contribution in [0.2, 0.25) is 0 Å². The fourth-order valence-electron chi connectivity index (χ4n) is 2.55. The van der Waals surface area contributed by atoms with E-state index in [4.69, 9.17) is 0 Å². The Balaban J connectivity index is 1.65. The first kappa shape index (κ1) is 19.5. The zero-order valence-electron chi connectivity index (χ0n) is 15.5. The van der Waals surface area contributed by atoms with Crippen LogP contribution in [-0.2, 0) is 21.2 Å². The number of nitrogens with one attached hydrogen (secondary N) is 2. The molecule has 28 heavy (non-hydrogen) atoms. The Morgan fingerprint density at radius 3 is 2.29 bits per heavy atom. The smallest absolute Gasteiger partial charge is 0.264 e. The molecular formula is C20H20N4O3S. The molecule has 2 N–H and O–H groups in total. The van der Waals surface area contributed by atoms with Gasteiger partial charge in [-0.05, 0) is 60.9 Å². The molecule has 1 heterocycles. The zero-order chi connectivity index (χ0) is 20.1. The van der Waals surface area contributed by atoms with E-state index in [0.29, 0.717) is 5.69 Å². The number of hydrogen-bond donors (Lipinski definition) is 2. The predicted molar refractivity (Wildman–Crippen MR) is 108 cm³/mol. The van der Waals surface area contributed by atoms with E-state index in [0.717, 1.165) is 11.1 Å². The van der Waals surface area contributed by atoms with E-state index < -0.39 is 10.0 Å². The maximum Gasteiger partial charge on any atom is 0.264 e. The Morgan fingerprint density at radius 1 is 0.964 bits per heavy atom. The van der Waals surface area contributed by atoms with Crippen molar-refractivity contribution in [1.29, 1.82) is 0 Å². The lowest BCUT2D eigenvalue weighted by atomic mass is 10.0. The number of carbonyl (C=O) groups excluding carboxylic acids is 1. The molecule has 2 aromatic carbocycles. The highest BCUT2D eigenvalue weighted by Crippen LogP contribution is 2.17. The quantitative estimate of drug-likeness (QED) is 0.667. The van der Waals surface area contributed by atoms with Gasteiger partial charge in [-0.1, -0.05) is 18.2 Å². The van der Waals surface area contributed by atoms with E-state index >= 15 is 0 Å². The summed E-state index contributed by atoms with van der Waals surface area (Å²) < 4.78 is 27.0. The van der Waals surface area contributed by atoms with Crippen LogP contribution in [0.15, 0.2) is 65.8 Å². The van der Waals surface area contributed by atoms with Crippen molar-refractivity contribution in [1.82, 2.24) is 9.97 Å². The van der Waals surface area contributed by atoms with Gasteiger partial charge in [-0.2, -0.15) is 0 Å². The molecular weight excluding hydrogens is 376 g/mol. The average molecular weight is 396 g/mol. The van der Waals surface area contributed by atoms with Gasteiger partial charge < -0.3 is 5.32 Å². The van der Waals surface area contributed by atoms with Gasteiger partial charge in [-0.3, -0.25) is 4.79 Å². The van der Waals surface area contributed by atoms with E-state index in [1.807, 2.05) is 32.0 Å². The van der Waals surface area contributed by atoms with Crippen molar-refractivity contribution in [2.45, 2.75) is 25.2 Å². The van der Waals surface area contributed by atoms with Crippen LogP contribution in [0.25, 0.3) is 0 Å². The minimum atomic E-state index is -3.80. The summed E-state index contributed by atoms with van der Waals surface area (Å²) in [7, 11) is -3.80. The van der Waals surface area contributed by atoms with Crippen LogP contribution in [0, 0.1) is 13.8 Å². The lowest BCUT2D eigenvalue weighted by Gasteiger charge is -2.09. The summed E-state index contributed by atoms with van der Waals surface area (Å²) in [6.07, 6.45) is 3.13. The molecule has 0 unspecified atom stereocenters. The highest BCUT2D eigenvalue weighted by Gasteiger charge is 2.15. The summed E-state index contributed by atoms with van der Waals surface area (Å²) in [5.41, 5.74) is 3.75. The van der Waals surface area contributed by atoms with Gasteiger partial charge in [-0.15, -0.1) is 0 Å². The van der Waals surface area contributed by atoms with Crippen molar-refractivity contribution < 1.29 is 13.2 Å². The highest BCUT2D eigenvalue weighted by molar-refractivity contribution is 7.92. The lowest BCUT2D eigenvalue weighted by Crippen LogP contribution is -2.16. The molecule has 3 rings (SSSR count). The molecule has 8 heteroatoms. The van der Waals surface area contributed by atoms with E-state index in [2.05, 4.69) is 20.0 Å². The third kappa shape index (κ3) is 4.92. The summed E-state index contributed by atoms with van der Waals surface area (Å²) in [4.78, 5) is 20.0. The van der Waals surface area contributed by atoms with Gasteiger partial charge >= 0.3 is 0 Å². The Kier molecular flexibility index (Phi) is 5.70. The third-order valence-electron chi connectivity index (χ3n) is 4.18. The SMILES string of the molecule is Cc1ccc(CC(=O)Nc2ccc(S(=O)(=O)Nc3ncccn3)cc2)cc1C. The van der Waals surface area contributed by atoms with Crippen molar-refractivity contribution in [2.75, 3.05) is 10.0 Å². The first-order chi connectivity index (χ1) is 13.3. The molecule has 0 fully saturated rings. The standard InChI is InChI=1S/C20H20N4O3S/c1-14-4-5-16(12-15(14)2)13-19(25)23-17-6-8-18(9-7-17)28(26,27)24-20-21-10-3-11-22-20/h3-12H,13H2,1-2H3,(H,23,25)(H,21,22,24). The minimum Gasteiger partial charge on any atom is -0.326 e. The Bertz CT molecular complexity index is 1080. The molecule has 3 aromatic rings. The normalized spacial score (nSPS) is 11.1. The van der Waals surface area contributed by atoms with Crippen molar-refractivity contribution >= 4 is 27.6 Å². The largest absolute Gasteiger partial charge is 0.326 e. The summed E-state index contributed by atoms with van der Waals surface area (Å²) in [6, 6.07) is 13.4. The second-order valence-corrected chi connectivity index (χ2v) is 8.03. The van der Waals surface area contributed by atoms with Crippen molar-refractivity contribution in [3.8, 4) is 0 Å². The van der Waals surface area contributed by atoms with Gasteiger partial charge in [0.05, 0.1) is 11.3 Å². The van der Waals surface area contributed by atoms with Gasteiger partial charge in [-0.25, -0.2) is 23.1 Å². The third-order valence-corrected chi connectivity index (χ3v) is 5.52. The van der Waals surface area contributed by atoms with Crippen LogP contribution in [0.4, 0.5) is 11.6 Å². The molecule has 0 aliphatic carbocycles. The number of benzene rings is 2. The molecule has 0 bridgehead atoms. The van der Waals surface area contributed by atoms with Crippen molar-refractivity contribution in [2.24, 2.45) is 0 Å². The maximum atomic E-state index is 12.4. The van der Waals surface area contributed by atoms with E-state index in [-0.39, 0.29) is 23.2 Å². The van der Waals surface area contributed by atoms with E-state index in [1.165, 1.54) is 30.1 Å². The Hall–Kier alpha value is -3.26. The van der Waals surface area contributed by atoms with Crippen LogP contribution >= 0.6 is 0 Å². The van der Waals surface area contributed by atoms with E-state index in [9.17, 15) is 13.2 Å². The summed E-state index contributed by atoms with van der Waals surface area (Å²) in [5, 5.41) is 2.77. The van der Waals surface area contributed by atoms with Gasteiger partial charge in [0.2, 0.25) is 11.9 Å². The molecule has 1 amide bonds. The molecule has 0 radical (unpaired) electrons. The molecule has 0 aliphatic heterocycles. The number of aryl methyl sites for hydroxylation is 2. The fourth-order valence-corrected chi connectivity index (χ4v) is 3.51. The minimum absolute atomic E-state index is 0.00623. The molecule has 0 saturated carbocycles. The molecule has 0 aliphatic rings. The maximum absolute atomic E-state index is 12.4. The Labute approximate surface area is 163 Å². The second kappa shape index (κ2) is 8.18. The number of rotatable bonds is 6.